The average Bonchev–Trinajstić information content (AvgIpc) is 3.51. The summed E-state index contributed by atoms with van der Waals surface area (Å²) in [6.07, 6.45) is 13.0. The number of nitrogens with one attached hydrogen (secondary N) is 3. The van der Waals surface area contributed by atoms with Gasteiger partial charge in [0.25, 0.3) is 11.8 Å². The van der Waals surface area contributed by atoms with Crippen molar-refractivity contribution in [1.82, 2.24) is 25.4 Å². The van der Waals surface area contributed by atoms with Gasteiger partial charge in [-0.15, -0.1) is 0 Å². The zero-order valence-corrected chi connectivity index (χ0v) is 25.9. The number of allylic oxidation sites excluding steroid dienone is 3. The standard InChI is InChI=1S/C33H49N5O4/c1-7-9-23(4)33(42)37-16-12-26(13-17-37)19-35-31(40)29-10-8-15-38(25(29)6)30(24(5)27-11-14-34-20-27)32(41)36-28(21-39)18-22(2)3/h8,10-11,14-15,20,22-23,26,28,34,39H,6-7,9,12-13,16-19,21H2,1-5H3,(H,35,40)(H,36,41)/b30-24+. The van der Waals surface area contributed by atoms with Gasteiger partial charge in [-0.25, -0.2) is 0 Å². The van der Waals surface area contributed by atoms with E-state index in [1.807, 2.05) is 44.9 Å². The third kappa shape index (κ3) is 8.47. The van der Waals surface area contributed by atoms with Gasteiger partial charge in [-0.1, -0.05) is 40.7 Å². The van der Waals surface area contributed by atoms with Crippen molar-refractivity contribution in [1.29, 1.82) is 0 Å². The van der Waals surface area contributed by atoms with Crippen molar-refractivity contribution in [3.8, 4) is 0 Å². The van der Waals surface area contributed by atoms with Crippen molar-refractivity contribution < 1.29 is 19.5 Å². The molecular formula is C33H49N5O4. The number of aromatic amines is 1. The maximum atomic E-state index is 13.7. The summed E-state index contributed by atoms with van der Waals surface area (Å²) in [5.74, 6) is 0.260. The summed E-state index contributed by atoms with van der Waals surface area (Å²) in [5.41, 5.74) is 2.65. The summed E-state index contributed by atoms with van der Waals surface area (Å²) in [4.78, 5) is 46.3. The predicted octanol–water partition coefficient (Wildman–Crippen LogP) is 4.33. The lowest BCUT2D eigenvalue weighted by atomic mass is 9.94. The Balaban J connectivity index is 1.68. The van der Waals surface area contributed by atoms with Crippen molar-refractivity contribution in [2.24, 2.45) is 17.8 Å². The monoisotopic (exact) mass is 579 g/mol. The molecule has 1 aromatic heterocycles. The zero-order valence-electron chi connectivity index (χ0n) is 25.9. The minimum absolute atomic E-state index is 0.0538. The number of hydrogen-bond acceptors (Lipinski definition) is 5. The molecule has 3 heterocycles. The highest BCUT2D eigenvalue weighted by Crippen LogP contribution is 2.30. The maximum absolute atomic E-state index is 13.7. The SMILES string of the molecule is C=C1C(C(=O)NCC2CCN(C(=O)C(C)CCC)CC2)=CC=CN1/C(C(=O)NC(CO)CC(C)C)=C(\C)c1cc[nH]c1. The molecule has 3 rings (SSSR count). The van der Waals surface area contributed by atoms with E-state index < -0.39 is 6.04 Å². The third-order valence-corrected chi connectivity index (χ3v) is 8.12. The van der Waals surface area contributed by atoms with Crippen LogP contribution in [0.4, 0.5) is 0 Å². The number of nitrogens with zero attached hydrogens (tertiary/aromatic N) is 2. The van der Waals surface area contributed by atoms with E-state index in [9.17, 15) is 19.5 Å². The minimum atomic E-state index is -0.400. The Morgan fingerprint density at radius 2 is 1.90 bits per heavy atom. The Bertz CT molecular complexity index is 1190. The Hall–Kier alpha value is -3.59. The van der Waals surface area contributed by atoms with Crippen molar-refractivity contribution in [3.05, 3.63) is 65.9 Å². The van der Waals surface area contributed by atoms with Crippen molar-refractivity contribution in [2.45, 2.75) is 72.8 Å². The Morgan fingerprint density at radius 1 is 1.19 bits per heavy atom. The number of rotatable bonds is 13. The van der Waals surface area contributed by atoms with E-state index in [4.69, 9.17) is 0 Å². The lowest BCUT2D eigenvalue weighted by molar-refractivity contribution is -0.136. The number of likely N-dealkylation sites (tertiary alicyclic amines) is 1. The molecule has 0 bridgehead atoms. The van der Waals surface area contributed by atoms with Crippen LogP contribution in [0.15, 0.2) is 60.4 Å². The minimum Gasteiger partial charge on any atom is -0.394 e. The molecule has 42 heavy (non-hydrogen) atoms. The van der Waals surface area contributed by atoms with Gasteiger partial charge in [-0.05, 0) is 73.8 Å². The second kappa shape index (κ2) is 15.6. The first-order valence-electron chi connectivity index (χ1n) is 15.3. The number of carbonyl (C=O) groups is 3. The highest BCUT2D eigenvalue weighted by atomic mass is 16.3. The van der Waals surface area contributed by atoms with Gasteiger partial charge in [0.15, 0.2) is 0 Å². The lowest BCUT2D eigenvalue weighted by Crippen LogP contribution is -2.44. The molecule has 0 spiro atoms. The summed E-state index contributed by atoms with van der Waals surface area (Å²) < 4.78 is 0. The molecular weight excluding hydrogens is 530 g/mol. The van der Waals surface area contributed by atoms with Gasteiger partial charge in [0.2, 0.25) is 5.91 Å². The first-order chi connectivity index (χ1) is 20.1. The van der Waals surface area contributed by atoms with Gasteiger partial charge in [-0.2, -0.15) is 0 Å². The van der Waals surface area contributed by atoms with Crippen LogP contribution in [0.2, 0.25) is 0 Å². The molecule has 9 heteroatoms. The number of aliphatic hydroxyl groups is 1. The molecule has 1 fully saturated rings. The molecule has 3 amide bonds. The van der Waals surface area contributed by atoms with E-state index in [-0.39, 0.29) is 36.2 Å². The van der Waals surface area contributed by atoms with Crippen LogP contribution in [0.1, 0.15) is 72.3 Å². The van der Waals surface area contributed by atoms with E-state index >= 15 is 0 Å². The van der Waals surface area contributed by atoms with Crippen LogP contribution in [0, 0.1) is 17.8 Å². The molecule has 2 aliphatic rings. The van der Waals surface area contributed by atoms with Crippen LogP contribution in [-0.4, -0.2) is 69.9 Å². The molecule has 1 saturated heterocycles. The van der Waals surface area contributed by atoms with E-state index in [2.05, 4.69) is 29.1 Å². The fourth-order valence-corrected chi connectivity index (χ4v) is 5.67. The molecule has 0 radical (unpaired) electrons. The molecule has 0 aliphatic carbocycles. The van der Waals surface area contributed by atoms with Crippen molar-refractivity contribution in [3.63, 3.8) is 0 Å². The number of H-pyrrole nitrogens is 1. The van der Waals surface area contributed by atoms with Gasteiger partial charge in [0.1, 0.15) is 5.70 Å². The van der Waals surface area contributed by atoms with Crippen LogP contribution >= 0.6 is 0 Å². The molecule has 0 aromatic carbocycles. The number of piperidine rings is 1. The largest absolute Gasteiger partial charge is 0.394 e. The molecule has 2 unspecified atom stereocenters. The summed E-state index contributed by atoms with van der Waals surface area (Å²) >= 11 is 0. The molecule has 0 saturated carbocycles. The number of hydrogen-bond donors (Lipinski definition) is 4. The second-order valence-electron chi connectivity index (χ2n) is 12.0. The van der Waals surface area contributed by atoms with Gasteiger partial charge in [-0.3, -0.25) is 14.4 Å². The van der Waals surface area contributed by atoms with Gasteiger partial charge in [0, 0.05) is 44.1 Å². The van der Waals surface area contributed by atoms with E-state index in [1.54, 1.807) is 29.4 Å². The summed E-state index contributed by atoms with van der Waals surface area (Å²) in [5, 5.41) is 15.9. The number of aromatic nitrogens is 1. The number of carbonyl (C=O) groups excluding carboxylic acids is 3. The third-order valence-electron chi connectivity index (χ3n) is 8.12. The van der Waals surface area contributed by atoms with Crippen molar-refractivity contribution >= 4 is 23.3 Å². The topological polar surface area (TPSA) is 118 Å². The Kier molecular flexibility index (Phi) is 12.2. The van der Waals surface area contributed by atoms with Gasteiger partial charge < -0.3 is 30.5 Å². The molecule has 9 nitrogen and oxygen atoms in total. The Morgan fingerprint density at radius 3 is 2.50 bits per heavy atom. The van der Waals surface area contributed by atoms with Crippen molar-refractivity contribution in [2.75, 3.05) is 26.2 Å². The Labute approximate surface area is 250 Å². The van der Waals surface area contributed by atoms with Gasteiger partial charge in [0.05, 0.1) is 23.9 Å². The highest BCUT2D eigenvalue weighted by molar-refractivity contribution is 6.03. The zero-order chi connectivity index (χ0) is 30.8. The molecule has 2 aliphatic heterocycles. The van der Waals surface area contributed by atoms with Crippen LogP contribution in [0.3, 0.4) is 0 Å². The van der Waals surface area contributed by atoms with E-state index in [1.165, 1.54) is 0 Å². The first kappa shape index (κ1) is 32.9. The fourth-order valence-electron chi connectivity index (χ4n) is 5.67. The summed E-state index contributed by atoms with van der Waals surface area (Å²) in [7, 11) is 0. The van der Waals surface area contributed by atoms with Crippen LogP contribution in [0.25, 0.3) is 5.57 Å². The van der Waals surface area contributed by atoms with Crippen LogP contribution < -0.4 is 10.6 Å². The maximum Gasteiger partial charge on any atom is 0.268 e. The number of amides is 3. The lowest BCUT2D eigenvalue weighted by Gasteiger charge is -2.34. The highest BCUT2D eigenvalue weighted by Gasteiger charge is 2.30. The molecule has 230 valence electrons. The second-order valence-corrected chi connectivity index (χ2v) is 12.0. The predicted molar refractivity (Wildman–Crippen MR) is 166 cm³/mol. The van der Waals surface area contributed by atoms with Crippen LogP contribution in [0.5, 0.6) is 0 Å². The normalized spacial score (nSPS) is 18.0. The molecule has 4 N–H and O–H groups in total. The van der Waals surface area contributed by atoms with Gasteiger partial charge >= 0.3 is 0 Å². The van der Waals surface area contributed by atoms with E-state index in [0.29, 0.717) is 54.5 Å². The quantitative estimate of drug-likeness (QED) is 0.260. The van der Waals surface area contributed by atoms with Crippen LogP contribution in [-0.2, 0) is 14.4 Å². The fraction of sp³-hybridized carbons (Fsp3) is 0.545. The number of aliphatic hydroxyl groups excluding tert-OH is 1. The smallest absolute Gasteiger partial charge is 0.268 e. The molecule has 1 aromatic rings. The first-order valence-corrected chi connectivity index (χ1v) is 15.3. The average molecular weight is 580 g/mol. The summed E-state index contributed by atoms with van der Waals surface area (Å²) in [6, 6.07) is 1.48. The van der Waals surface area contributed by atoms with E-state index in [0.717, 1.165) is 31.2 Å². The molecule has 2 atom stereocenters. The summed E-state index contributed by atoms with van der Waals surface area (Å²) in [6.45, 7) is 16.0.